The maximum atomic E-state index is 4.98. The highest BCUT2D eigenvalue weighted by molar-refractivity contribution is 5.56. The maximum absolute atomic E-state index is 4.98. The molecule has 0 unspecified atom stereocenters. The Labute approximate surface area is 157 Å². The molecule has 0 aliphatic heterocycles. The second-order valence-electron chi connectivity index (χ2n) is 8.86. The maximum Gasteiger partial charge on any atom is 0.157 e. The van der Waals surface area contributed by atoms with Gasteiger partial charge in [-0.05, 0) is 44.4 Å². The zero-order valence-electron chi connectivity index (χ0n) is 16.5. The van der Waals surface area contributed by atoms with Crippen LogP contribution in [-0.2, 0) is 6.42 Å². The molecular formula is C22H32N4. The van der Waals surface area contributed by atoms with Crippen LogP contribution in [-0.4, -0.2) is 20.4 Å². The molecule has 0 aromatic carbocycles. The number of hydrogen-bond acceptors (Lipinski definition) is 3. The quantitative estimate of drug-likeness (QED) is 0.734. The SMILES string of the molecule is CC1=C(Cc2nc3cnccn3c2NC2CCCCC2)C(C)(C)CCC1. The molecule has 26 heavy (non-hydrogen) atoms. The van der Waals surface area contributed by atoms with Gasteiger partial charge in [0, 0.05) is 24.9 Å². The highest BCUT2D eigenvalue weighted by atomic mass is 15.2. The van der Waals surface area contributed by atoms with E-state index in [0.29, 0.717) is 6.04 Å². The van der Waals surface area contributed by atoms with E-state index in [2.05, 4.69) is 35.5 Å². The number of rotatable bonds is 4. The third kappa shape index (κ3) is 3.38. The van der Waals surface area contributed by atoms with Gasteiger partial charge in [-0.1, -0.05) is 44.3 Å². The van der Waals surface area contributed by atoms with E-state index in [1.165, 1.54) is 62.9 Å². The van der Waals surface area contributed by atoms with Gasteiger partial charge in [0.1, 0.15) is 5.82 Å². The van der Waals surface area contributed by atoms with Crippen LogP contribution >= 0.6 is 0 Å². The first-order chi connectivity index (χ1) is 12.5. The van der Waals surface area contributed by atoms with E-state index < -0.39 is 0 Å². The molecule has 0 radical (unpaired) electrons. The fraction of sp³-hybridized carbons (Fsp3) is 0.636. The fourth-order valence-electron chi connectivity index (χ4n) is 4.90. The van der Waals surface area contributed by atoms with Crippen molar-refractivity contribution in [2.24, 2.45) is 5.41 Å². The highest BCUT2D eigenvalue weighted by Crippen LogP contribution is 2.42. The number of aromatic nitrogens is 3. The standard InChI is InChI=1S/C22H32N4/c1-16-8-7-11-22(2,3)18(16)14-19-21(24-17-9-5-4-6-10-17)26-13-12-23-15-20(26)25-19/h12-13,15,17,24H,4-11,14H2,1-3H3. The predicted octanol–water partition coefficient (Wildman–Crippen LogP) is 5.54. The second-order valence-corrected chi connectivity index (χ2v) is 8.86. The second kappa shape index (κ2) is 7.05. The Hall–Kier alpha value is -1.84. The first-order valence-corrected chi connectivity index (χ1v) is 10.3. The Morgan fingerprint density at radius 2 is 2.00 bits per heavy atom. The lowest BCUT2D eigenvalue weighted by Crippen LogP contribution is -2.25. The number of allylic oxidation sites excluding steroid dienone is 2. The Morgan fingerprint density at radius 1 is 1.19 bits per heavy atom. The van der Waals surface area contributed by atoms with Crippen LogP contribution < -0.4 is 5.32 Å². The summed E-state index contributed by atoms with van der Waals surface area (Å²) >= 11 is 0. The Kier molecular flexibility index (Phi) is 4.76. The first kappa shape index (κ1) is 17.6. The predicted molar refractivity (Wildman–Crippen MR) is 108 cm³/mol. The van der Waals surface area contributed by atoms with Crippen molar-refractivity contribution in [1.29, 1.82) is 0 Å². The Morgan fingerprint density at radius 3 is 2.77 bits per heavy atom. The highest BCUT2D eigenvalue weighted by Gasteiger charge is 2.30. The van der Waals surface area contributed by atoms with E-state index in [-0.39, 0.29) is 5.41 Å². The van der Waals surface area contributed by atoms with E-state index in [1.54, 1.807) is 11.1 Å². The first-order valence-electron chi connectivity index (χ1n) is 10.3. The summed E-state index contributed by atoms with van der Waals surface area (Å²) in [6.07, 6.45) is 17.1. The van der Waals surface area contributed by atoms with Gasteiger partial charge in [-0.3, -0.25) is 9.38 Å². The van der Waals surface area contributed by atoms with Crippen LogP contribution in [0.25, 0.3) is 5.65 Å². The summed E-state index contributed by atoms with van der Waals surface area (Å²) in [5, 5.41) is 3.85. The van der Waals surface area contributed by atoms with Gasteiger partial charge in [0.2, 0.25) is 0 Å². The lowest BCUT2D eigenvalue weighted by molar-refractivity contribution is 0.359. The summed E-state index contributed by atoms with van der Waals surface area (Å²) in [6, 6.07) is 0.574. The van der Waals surface area contributed by atoms with Crippen molar-refractivity contribution < 1.29 is 0 Å². The van der Waals surface area contributed by atoms with Gasteiger partial charge in [0.05, 0.1) is 11.9 Å². The minimum Gasteiger partial charge on any atom is -0.367 e. The number of nitrogens with zero attached hydrogens (tertiary/aromatic N) is 3. The van der Waals surface area contributed by atoms with Crippen LogP contribution in [0.4, 0.5) is 5.82 Å². The van der Waals surface area contributed by atoms with Crippen molar-refractivity contribution in [1.82, 2.24) is 14.4 Å². The Balaban J connectivity index is 1.71. The van der Waals surface area contributed by atoms with E-state index in [9.17, 15) is 0 Å². The zero-order valence-corrected chi connectivity index (χ0v) is 16.5. The molecule has 4 heteroatoms. The van der Waals surface area contributed by atoms with Gasteiger partial charge in [0.25, 0.3) is 0 Å². The van der Waals surface area contributed by atoms with Crippen LogP contribution in [0.5, 0.6) is 0 Å². The largest absolute Gasteiger partial charge is 0.367 e. The van der Waals surface area contributed by atoms with E-state index in [4.69, 9.17) is 4.98 Å². The molecule has 1 saturated carbocycles. The molecule has 0 atom stereocenters. The molecule has 1 fully saturated rings. The molecule has 2 heterocycles. The fourth-order valence-corrected chi connectivity index (χ4v) is 4.90. The Bertz CT molecular complexity index is 809. The number of fused-ring (bicyclic) bond motifs is 1. The molecule has 140 valence electrons. The van der Waals surface area contributed by atoms with E-state index in [0.717, 1.165) is 12.1 Å². The van der Waals surface area contributed by atoms with Crippen LogP contribution in [0.3, 0.4) is 0 Å². The summed E-state index contributed by atoms with van der Waals surface area (Å²) < 4.78 is 2.20. The molecule has 4 rings (SSSR count). The molecule has 0 amide bonds. The summed E-state index contributed by atoms with van der Waals surface area (Å²) in [5.41, 5.74) is 5.57. The van der Waals surface area contributed by atoms with E-state index >= 15 is 0 Å². The van der Waals surface area contributed by atoms with Crippen molar-refractivity contribution in [3.05, 3.63) is 35.4 Å². The van der Waals surface area contributed by atoms with E-state index in [1.807, 2.05) is 18.6 Å². The van der Waals surface area contributed by atoms with Gasteiger partial charge >= 0.3 is 0 Å². The summed E-state index contributed by atoms with van der Waals surface area (Å²) in [4.78, 5) is 9.26. The van der Waals surface area contributed by atoms with Gasteiger partial charge in [0.15, 0.2) is 5.65 Å². The summed E-state index contributed by atoms with van der Waals surface area (Å²) in [7, 11) is 0. The van der Waals surface area contributed by atoms with Crippen molar-refractivity contribution in [2.45, 2.75) is 84.6 Å². The normalized spacial score (nSPS) is 21.3. The zero-order chi connectivity index (χ0) is 18.1. The van der Waals surface area contributed by atoms with Crippen molar-refractivity contribution in [3.8, 4) is 0 Å². The van der Waals surface area contributed by atoms with Gasteiger partial charge in [-0.2, -0.15) is 0 Å². The molecule has 0 spiro atoms. The molecule has 4 nitrogen and oxygen atoms in total. The smallest absolute Gasteiger partial charge is 0.157 e. The minimum absolute atomic E-state index is 0.276. The average Bonchev–Trinajstić information content (AvgIpc) is 2.97. The van der Waals surface area contributed by atoms with Crippen LogP contribution in [0.15, 0.2) is 29.7 Å². The topological polar surface area (TPSA) is 42.2 Å². The monoisotopic (exact) mass is 352 g/mol. The van der Waals surface area contributed by atoms with Crippen LogP contribution in [0.2, 0.25) is 0 Å². The molecule has 2 aliphatic carbocycles. The summed E-state index contributed by atoms with van der Waals surface area (Å²) in [5.74, 6) is 1.19. The van der Waals surface area contributed by atoms with Gasteiger partial charge in [-0.15, -0.1) is 0 Å². The number of nitrogens with one attached hydrogen (secondary N) is 1. The van der Waals surface area contributed by atoms with Crippen LogP contribution in [0.1, 0.15) is 77.8 Å². The molecule has 1 N–H and O–H groups in total. The molecule has 0 bridgehead atoms. The third-order valence-corrected chi connectivity index (χ3v) is 6.48. The summed E-state index contributed by atoms with van der Waals surface area (Å²) in [6.45, 7) is 7.12. The number of anilines is 1. The van der Waals surface area contributed by atoms with Crippen LogP contribution in [0, 0.1) is 5.41 Å². The molecule has 0 saturated heterocycles. The van der Waals surface area contributed by atoms with Crippen molar-refractivity contribution >= 4 is 11.5 Å². The molecule has 2 aromatic heterocycles. The van der Waals surface area contributed by atoms with Gasteiger partial charge in [-0.25, -0.2) is 4.98 Å². The lowest BCUT2D eigenvalue weighted by atomic mass is 9.71. The molecule has 2 aliphatic rings. The number of hydrogen-bond donors (Lipinski definition) is 1. The lowest BCUT2D eigenvalue weighted by Gasteiger charge is -2.34. The van der Waals surface area contributed by atoms with Gasteiger partial charge < -0.3 is 5.32 Å². The molecular weight excluding hydrogens is 320 g/mol. The van der Waals surface area contributed by atoms with Crippen molar-refractivity contribution in [3.63, 3.8) is 0 Å². The number of imidazole rings is 1. The minimum atomic E-state index is 0.276. The third-order valence-electron chi connectivity index (χ3n) is 6.48. The molecule has 2 aromatic rings. The van der Waals surface area contributed by atoms with Crippen molar-refractivity contribution in [2.75, 3.05) is 5.32 Å². The average molecular weight is 353 g/mol.